The zero-order valence-electron chi connectivity index (χ0n) is 13.7. The van der Waals surface area contributed by atoms with E-state index in [9.17, 15) is 18.0 Å². The molecule has 0 saturated carbocycles. The number of carbonyl (C=O) groups is 2. The third-order valence-electron chi connectivity index (χ3n) is 2.55. The molecular formula is C15H21NO7S. The standard InChI is InChI=1S/C15H21NO7S/c1-15(2,3)23-24(20,21)10-12(13(17)18)16-14(19)22-9-11-7-5-4-6-8-11/h4-8,12H,9-10H2,1-3H3,(H,16,19)(H,17,18)/t12-/m0/s1. The van der Waals surface area contributed by atoms with Crippen LogP contribution in [0.5, 0.6) is 0 Å². The SMILES string of the molecule is CC(C)(C)OS(=O)(=O)C[C@H](NC(=O)OCc1ccccc1)C(=O)O. The summed E-state index contributed by atoms with van der Waals surface area (Å²) in [6.07, 6.45) is -1.03. The number of carbonyl (C=O) groups excluding carboxylic acids is 1. The Morgan fingerprint density at radius 3 is 2.29 bits per heavy atom. The van der Waals surface area contributed by atoms with Crippen molar-refractivity contribution in [1.82, 2.24) is 5.32 Å². The van der Waals surface area contributed by atoms with E-state index in [0.29, 0.717) is 5.56 Å². The van der Waals surface area contributed by atoms with Gasteiger partial charge in [0.05, 0.1) is 5.60 Å². The van der Waals surface area contributed by atoms with E-state index < -0.39 is 39.6 Å². The van der Waals surface area contributed by atoms with Crippen LogP contribution in [0.4, 0.5) is 4.79 Å². The summed E-state index contributed by atoms with van der Waals surface area (Å²) in [5.41, 5.74) is -0.293. The van der Waals surface area contributed by atoms with Gasteiger partial charge in [-0.05, 0) is 26.3 Å². The van der Waals surface area contributed by atoms with E-state index in [4.69, 9.17) is 14.0 Å². The van der Waals surface area contributed by atoms with Crippen LogP contribution in [0.2, 0.25) is 0 Å². The van der Waals surface area contributed by atoms with Gasteiger partial charge in [-0.2, -0.15) is 8.42 Å². The Labute approximate surface area is 140 Å². The Hall–Kier alpha value is -2.13. The number of hydrogen-bond acceptors (Lipinski definition) is 6. The molecule has 0 aliphatic rings. The highest BCUT2D eigenvalue weighted by molar-refractivity contribution is 7.86. The molecule has 0 spiro atoms. The van der Waals surface area contributed by atoms with Crippen LogP contribution in [0.25, 0.3) is 0 Å². The molecule has 1 aromatic rings. The molecule has 1 atom stereocenters. The van der Waals surface area contributed by atoms with Crippen LogP contribution < -0.4 is 5.32 Å². The van der Waals surface area contributed by atoms with Crippen molar-refractivity contribution in [2.75, 3.05) is 5.75 Å². The minimum Gasteiger partial charge on any atom is -0.480 e. The number of carboxylic acid groups (broad SMARTS) is 1. The van der Waals surface area contributed by atoms with Gasteiger partial charge in [0.2, 0.25) is 0 Å². The topological polar surface area (TPSA) is 119 Å². The Balaban J connectivity index is 2.62. The Kier molecular flexibility index (Phi) is 6.73. The van der Waals surface area contributed by atoms with E-state index in [1.807, 2.05) is 5.32 Å². The molecule has 0 radical (unpaired) electrons. The molecule has 1 aromatic carbocycles. The van der Waals surface area contributed by atoms with Crippen LogP contribution in [0, 0.1) is 0 Å². The van der Waals surface area contributed by atoms with Crippen LogP contribution in [-0.4, -0.2) is 43.0 Å². The van der Waals surface area contributed by atoms with E-state index in [1.54, 1.807) is 30.3 Å². The molecule has 0 bridgehead atoms. The highest BCUT2D eigenvalue weighted by Crippen LogP contribution is 2.13. The van der Waals surface area contributed by atoms with E-state index in [1.165, 1.54) is 20.8 Å². The van der Waals surface area contributed by atoms with Gasteiger partial charge in [0.15, 0.2) is 0 Å². The van der Waals surface area contributed by atoms with E-state index >= 15 is 0 Å². The number of amides is 1. The Morgan fingerprint density at radius 2 is 1.79 bits per heavy atom. The van der Waals surface area contributed by atoms with Gasteiger partial charge in [-0.25, -0.2) is 9.59 Å². The van der Waals surface area contributed by atoms with Crippen molar-refractivity contribution in [3.63, 3.8) is 0 Å². The zero-order valence-corrected chi connectivity index (χ0v) is 14.5. The fourth-order valence-electron chi connectivity index (χ4n) is 1.70. The molecule has 134 valence electrons. The number of carboxylic acids is 1. The van der Waals surface area contributed by atoms with Gasteiger partial charge in [0.25, 0.3) is 10.1 Å². The summed E-state index contributed by atoms with van der Waals surface area (Å²) in [6, 6.07) is 7.08. The van der Waals surface area contributed by atoms with Crippen LogP contribution in [-0.2, 0) is 30.4 Å². The number of rotatable bonds is 7. The molecule has 0 fully saturated rings. The molecule has 1 amide bonds. The van der Waals surface area contributed by atoms with E-state index in [0.717, 1.165) is 0 Å². The lowest BCUT2D eigenvalue weighted by Crippen LogP contribution is -2.46. The largest absolute Gasteiger partial charge is 0.480 e. The quantitative estimate of drug-likeness (QED) is 0.708. The van der Waals surface area contributed by atoms with Gasteiger partial charge in [0.1, 0.15) is 18.4 Å². The van der Waals surface area contributed by atoms with Gasteiger partial charge in [0, 0.05) is 0 Å². The van der Waals surface area contributed by atoms with Gasteiger partial charge >= 0.3 is 12.1 Å². The lowest BCUT2D eigenvalue weighted by molar-refractivity contribution is -0.138. The summed E-state index contributed by atoms with van der Waals surface area (Å²) in [4.78, 5) is 22.8. The summed E-state index contributed by atoms with van der Waals surface area (Å²) in [5.74, 6) is -2.41. The molecule has 0 aliphatic carbocycles. The number of alkyl carbamates (subject to hydrolysis) is 1. The average Bonchev–Trinajstić information content (AvgIpc) is 2.42. The molecule has 9 heteroatoms. The first-order valence-electron chi connectivity index (χ1n) is 7.12. The normalized spacial score (nSPS) is 13.1. The zero-order chi connectivity index (χ0) is 18.4. The Bertz CT molecular complexity index is 665. The number of aliphatic carboxylic acids is 1. The molecule has 24 heavy (non-hydrogen) atoms. The van der Waals surface area contributed by atoms with E-state index in [2.05, 4.69) is 0 Å². The summed E-state index contributed by atoms with van der Waals surface area (Å²) >= 11 is 0. The van der Waals surface area contributed by atoms with Gasteiger partial charge in [-0.15, -0.1) is 0 Å². The number of hydrogen-bond donors (Lipinski definition) is 2. The number of benzene rings is 1. The molecular weight excluding hydrogens is 338 g/mol. The van der Waals surface area contributed by atoms with Crippen molar-refractivity contribution < 1.29 is 32.0 Å². The molecule has 0 saturated heterocycles. The summed E-state index contributed by atoms with van der Waals surface area (Å²) in [5, 5.41) is 11.1. The maximum absolute atomic E-state index is 11.8. The van der Waals surface area contributed by atoms with Crippen LogP contribution in [0.15, 0.2) is 30.3 Å². The first-order chi connectivity index (χ1) is 11.0. The number of ether oxygens (including phenoxy) is 1. The van der Waals surface area contributed by atoms with Crippen molar-refractivity contribution >= 4 is 22.2 Å². The smallest absolute Gasteiger partial charge is 0.408 e. The van der Waals surface area contributed by atoms with Crippen LogP contribution in [0.1, 0.15) is 26.3 Å². The molecule has 0 aromatic heterocycles. The minimum atomic E-state index is -4.15. The molecule has 0 unspecified atom stereocenters. The van der Waals surface area contributed by atoms with Gasteiger partial charge < -0.3 is 15.2 Å². The first kappa shape index (κ1) is 19.9. The second-order valence-corrected chi connectivity index (χ2v) is 7.63. The maximum atomic E-state index is 11.8. The summed E-state index contributed by atoms with van der Waals surface area (Å²) in [7, 11) is -4.15. The first-order valence-corrected chi connectivity index (χ1v) is 8.69. The third-order valence-corrected chi connectivity index (χ3v) is 4.05. The monoisotopic (exact) mass is 359 g/mol. The molecule has 0 heterocycles. The lowest BCUT2D eigenvalue weighted by Gasteiger charge is -2.21. The minimum absolute atomic E-state index is 0.0652. The lowest BCUT2D eigenvalue weighted by atomic mass is 10.2. The van der Waals surface area contributed by atoms with Crippen molar-refractivity contribution in [3.05, 3.63) is 35.9 Å². The predicted octanol–water partition coefficient (Wildman–Crippen LogP) is 1.51. The molecule has 0 aliphatic heterocycles. The maximum Gasteiger partial charge on any atom is 0.408 e. The van der Waals surface area contributed by atoms with Crippen LogP contribution in [0.3, 0.4) is 0 Å². The fourth-order valence-corrected chi connectivity index (χ4v) is 3.16. The molecule has 2 N–H and O–H groups in total. The van der Waals surface area contributed by atoms with Crippen molar-refractivity contribution in [1.29, 1.82) is 0 Å². The van der Waals surface area contributed by atoms with Crippen molar-refractivity contribution in [3.8, 4) is 0 Å². The third kappa shape index (κ3) is 7.93. The average molecular weight is 359 g/mol. The highest BCUT2D eigenvalue weighted by atomic mass is 32.2. The van der Waals surface area contributed by atoms with E-state index in [-0.39, 0.29) is 6.61 Å². The van der Waals surface area contributed by atoms with Gasteiger partial charge in [-0.1, -0.05) is 30.3 Å². The predicted molar refractivity (Wildman–Crippen MR) is 85.8 cm³/mol. The van der Waals surface area contributed by atoms with Crippen molar-refractivity contribution in [2.24, 2.45) is 0 Å². The molecule has 8 nitrogen and oxygen atoms in total. The highest BCUT2D eigenvalue weighted by Gasteiger charge is 2.31. The van der Waals surface area contributed by atoms with Gasteiger partial charge in [-0.3, -0.25) is 4.18 Å². The fraction of sp³-hybridized carbons (Fsp3) is 0.467. The molecule has 1 rings (SSSR count). The van der Waals surface area contributed by atoms with Crippen LogP contribution >= 0.6 is 0 Å². The Morgan fingerprint density at radius 1 is 1.21 bits per heavy atom. The summed E-state index contributed by atoms with van der Waals surface area (Å²) in [6.45, 7) is 4.48. The number of nitrogens with one attached hydrogen (secondary N) is 1. The summed E-state index contributed by atoms with van der Waals surface area (Å²) < 4.78 is 33.4. The van der Waals surface area contributed by atoms with Crippen molar-refractivity contribution in [2.45, 2.75) is 39.0 Å². The second kappa shape index (κ2) is 8.11. The second-order valence-electron chi connectivity index (χ2n) is 6.02.